The number of nitrogens with zero attached hydrogens (tertiary/aromatic N) is 4. The van der Waals surface area contributed by atoms with E-state index in [2.05, 4.69) is 44.4 Å². The molecule has 79 heavy (non-hydrogen) atoms. The average molecular weight is 1060 g/mol. The van der Waals surface area contributed by atoms with Crippen LogP contribution in [0.15, 0.2) is 188 Å². The Morgan fingerprint density at radius 1 is 0.785 bits per heavy atom. The molecule has 11 rings (SSSR count). The van der Waals surface area contributed by atoms with Gasteiger partial charge in [0.25, 0.3) is 0 Å². The van der Waals surface area contributed by atoms with E-state index < -0.39 is 65.4 Å². The summed E-state index contributed by atoms with van der Waals surface area (Å²) in [7, 11) is 1.99. The number of urea groups is 1. The molecule has 4 heterocycles. The van der Waals surface area contributed by atoms with Crippen LogP contribution < -0.4 is 25.2 Å². The first-order chi connectivity index (χ1) is 38.6. The van der Waals surface area contributed by atoms with Gasteiger partial charge in [0, 0.05) is 42.1 Å². The summed E-state index contributed by atoms with van der Waals surface area (Å²) < 4.78 is 18.7. The Hall–Kier alpha value is -8.58. The van der Waals surface area contributed by atoms with Gasteiger partial charge in [0.05, 0.1) is 56.1 Å². The lowest BCUT2D eigenvalue weighted by molar-refractivity contribution is -0.177. The summed E-state index contributed by atoms with van der Waals surface area (Å²) in [6.07, 6.45) is -0.945. The number of morpholine rings is 2. The summed E-state index contributed by atoms with van der Waals surface area (Å²) in [4.78, 5) is 72.0. The minimum Gasteiger partial charge on any atom is -0.491 e. The number of esters is 1. The smallest absolute Gasteiger partial charge is 0.329 e. The lowest BCUT2D eigenvalue weighted by Crippen LogP contribution is -2.55. The maximum atomic E-state index is 17.0. The molecule has 0 aromatic heterocycles. The van der Waals surface area contributed by atoms with Crippen LogP contribution in [0.5, 0.6) is 5.75 Å². The molecule has 14 nitrogen and oxygen atoms in total. The molecule has 4 aliphatic heterocycles. The van der Waals surface area contributed by atoms with Gasteiger partial charge < -0.3 is 34.9 Å². The number of imide groups is 1. The number of carbonyl (C=O) groups excluding carboxylic acids is 4. The Balaban J connectivity index is 1.15. The predicted molar refractivity (Wildman–Crippen MR) is 302 cm³/mol. The van der Waals surface area contributed by atoms with Crippen LogP contribution in [-0.2, 0) is 35.8 Å². The molecule has 4 amide bonds. The summed E-state index contributed by atoms with van der Waals surface area (Å²) >= 11 is 0. The summed E-state index contributed by atoms with van der Waals surface area (Å²) in [5.74, 6) is 3.33. The zero-order valence-electron chi connectivity index (χ0n) is 44.1. The van der Waals surface area contributed by atoms with E-state index in [1.54, 1.807) is 24.3 Å². The number of aliphatic hydroxyl groups is 1. The van der Waals surface area contributed by atoms with Crippen LogP contribution >= 0.6 is 0 Å². The molecule has 14 heteroatoms. The predicted octanol–water partition coefficient (Wildman–Crippen LogP) is 9.15. The van der Waals surface area contributed by atoms with Crippen molar-refractivity contribution in [3.8, 4) is 17.6 Å². The van der Waals surface area contributed by atoms with Crippen LogP contribution in [0.25, 0.3) is 0 Å². The van der Waals surface area contributed by atoms with Crippen molar-refractivity contribution < 1.29 is 38.5 Å². The van der Waals surface area contributed by atoms with E-state index in [1.807, 2.05) is 171 Å². The first-order valence-electron chi connectivity index (χ1n) is 26.9. The van der Waals surface area contributed by atoms with E-state index in [-0.39, 0.29) is 18.9 Å². The van der Waals surface area contributed by atoms with Crippen molar-refractivity contribution in [2.75, 3.05) is 68.2 Å². The molecule has 7 aromatic rings. The molecule has 400 valence electrons. The number of ether oxygens (including phenoxy) is 3. The second kappa shape index (κ2) is 23.2. The van der Waals surface area contributed by atoms with Crippen molar-refractivity contribution in [1.82, 2.24) is 15.1 Å². The molecule has 7 aromatic carbocycles. The number of benzene rings is 7. The highest BCUT2D eigenvalue weighted by Crippen LogP contribution is 2.67. The molecule has 7 atom stereocenters. The number of nitrogens with one attached hydrogen (secondary N) is 2. The van der Waals surface area contributed by atoms with Crippen molar-refractivity contribution in [3.63, 3.8) is 0 Å². The minimum absolute atomic E-state index is 0.101. The number of carbonyl (C=O) groups is 4. The number of rotatable bonds is 14. The van der Waals surface area contributed by atoms with Crippen LogP contribution in [-0.4, -0.2) is 97.9 Å². The topological polar surface area (TPSA) is 153 Å². The van der Waals surface area contributed by atoms with Gasteiger partial charge in [-0.05, 0) is 90.3 Å². The molecule has 0 radical (unpaired) electrons. The van der Waals surface area contributed by atoms with Crippen LogP contribution in [0.3, 0.4) is 0 Å². The molecule has 0 bridgehead atoms. The maximum absolute atomic E-state index is 17.0. The molecular formula is C65H62N6O8. The first kappa shape index (κ1) is 52.5. The number of para-hydroxylation sites is 1. The molecule has 0 unspecified atom stereocenters. The van der Waals surface area contributed by atoms with E-state index in [0.29, 0.717) is 73.1 Å². The molecule has 3 fully saturated rings. The average Bonchev–Trinajstić information content (AvgIpc) is 2.13. The SMILES string of the molecule is C[C@@H](NC(=O)N1C(=O)[C@@]2(c3cc(C#CCN(C)Cc4ccccc4)ccc31)[C@H](c1ccccc1OCCO)N1[C@H](c3ccccc3)[C@H](c3ccccc3)OC(=O)[C@H]1[C@@H]2C(=O)Nc1ccc(N2CCOCC2)cc1)c1ccccc1. The highest BCUT2D eigenvalue weighted by atomic mass is 16.6. The van der Waals surface area contributed by atoms with E-state index in [0.717, 1.165) is 27.3 Å². The monoisotopic (exact) mass is 1050 g/mol. The molecule has 1 spiro atoms. The molecule has 3 N–H and O–H groups in total. The van der Waals surface area contributed by atoms with Crippen molar-refractivity contribution in [2.24, 2.45) is 5.92 Å². The van der Waals surface area contributed by atoms with Gasteiger partial charge in [0.2, 0.25) is 11.8 Å². The van der Waals surface area contributed by atoms with Gasteiger partial charge in [-0.1, -0.05) is 151 Å². The van der Waals surface area contributed by atoms with E-state index in [4.69, 9.17) is 14.2 Å². The Kier molecular flexibility index (Phi) is 15.4. The summed E-state index contributed by atoms with van der Waals surface area (Å²) in [6, 6.07) is 53.8. The van der Waals surface area contributed by atoms with Crippen molar-refractivity contribution >= 4 is 40.9 Å². The highest BCUT2D eigenvalue weighted by molar-refractivity contribution is 6.25. The van der Waals surface area contributed by atoms with Gasteiger partial charge >= 0.3 is 12.0 Å². The van der Waals surface area contributed by atoms with Gasteiger partial charge in [0.1, 0.15) is 29.9 Å². The first-order valence-corrected chi connectivity index (χ1v) is 26.9. The number of aliphatic hydroxyl groups excluding tert-OH is 1. The molecule has 0 saturated carbocycles. The summed E-state index contributed by atoms with van der Waals surface area (Å²) in [6.45, 7) is 5.08. The fraction of sp³-hybridized carbons (Fsp3) is 0.262. The third-order valence-corrected chi connectivity index (χ3v) is 15.5. The van der Waals surface area contributed by atoms with Gasteiger partial charge in [-0.25, -0.2) is 9.69 Å². The Bertz CT molecular complexity index is 3370. The number of amides is 4. The number of hydrogen-bond donors (Lipinski definition) is 3. The Labute approximate surface area is 460 Å². The third-order valence-electron chi connectivity index (χ3n) is 15.5. The fourth-order valence-corrected chi connectivity index (χ4v) is 12.0. The second-order valence-electron chi connectivity index (χ2n) is 20.4. The van der Waals surface area contributed by atoms with Crippen LogP contribution in [0.4, 0.5) is 21.9 Å². The van der Waals surface area contributed by atoms with Gasteiger partial charge in [-0.2, -0.15) is 0 Å². The zero-order chi connectivity index (χ0) is 54.5. The Morgan fingerprint density at radius 3 is 2.13 bits per heavy atom. The molecule has 3 saturated heterocycles. The number of hydrogen-bond acceptors (Lipinski definition) is 11. The van der Waals surface area contributed by atoms with Crippen molar-refractivity contribution in [1.29, 1.82) is 0 Å². The molecule has 4 aliphatic rings. The Morgan fingerprint density at radius 2 is 1.43 bits per heavy atom. The standard InChI is InChI=1S/C65H62N6O8/c1-44(47-21-9-4-10-22-47)66-64(76)70-54-34-29-45(20-17-35-68(2)43-46-18-7-3-8-19-46)42-53(54)65(63(70)75)56(61(73)67-50-30-32-51(33-31-50)69-36-39-77-40-37-69)58-62(74)79-59(49-25-13-6-14-26-49)57(48-23-11-5-12-24-48)71(58)60(65)52-27-15-16-28-55(52)78-41-38-72/h3-16,18-19,21-34,42,44,56-60,72H,35-41,43H2,1-2H3,(H,66,76)(H,67,73)/t44-,56-,57-,58-,59+,60+,65-/m1/s1. The lowest BCUT2D eigenvalue weighted by Gasteiger charge is -2.46. The largest absolute Gasteiger partial charge is 0.491 e. The molecule has 0 aliphatic carbocycles. The lowest BCUT2D eigenvalue weighted by atomic mass is 9.65. The quantitative estimate of drug-likeness (QED) is 0.0706. The number of fused-ring (bicyclic) bond motifs is 3. The second-order valence-corrected chi connectivity index (χ2v) is 20.4. The van der Waals surface area contributed by atoms with Crippen LogP contribution in [0.1, 0.15) is 70.1 Å². The summed E-state index contributed by atoms with van der Waals surface area (Å²) in [5.41, 5.74) is 4.19. The normalized spacial score (nSPS) is 21.8. The van der Waals surface area contributed by atoms with Gasteiger partial charge in [-0.15, -0.1) is 0 Å². The van der Waals surface area contributed by atoms with Crippen LogP contribution in [0.2, 0.25) is 0 Å². The van der Waals surface area contributed by atoms with Crippen LogP contribution in [0, 0.1) is 17.8 Å². The van der Waals surface area contributed by atoms with E-state index in [1.165, 1.54) is 0 Å². The molecular weight excluding hydrogens is 993 g/mol. The number of cyclic esters (lactones) is 1. The summed E-state index contributed by atoms with van der Waals surface area (Å²) in [5, 5.41) is 16.5. The van der Waals surface area contributed by atoms with E-state index in [9.17, 15) is 5.11 Å². The minimum atomic E-state index is -2.09. The number of anilines is 3. The van der Waals surface area contributed by atoms with Crippen molar-refractivity contribution in [2.45, 2.75) is 49.2 Å². The van der Waals surface area contributed by atoms with Gasteiger partial charge in [-0.3, -0.25) is 24.2 Å². The van der Waals surface area contributed by atoms with Crippen molar-refractivity contribution in [3.05, 3.63) is 227 Å². The zero-order valence-corrected chi connectivity index (χ0v) is 44.1. The maximum Gasteiger partial charge on any atom is 0.329 e. The van der Waals surface area contributed by atoms with E-state index >= 15 is 19.2 Å². The van der Waals surface area contributed by atoms with Gasteiger partial charge in [0.15, 0.2) is 0 Å². The highest BCUT2D eigenvalue weighted by Gasteiger charge is 2.76. The fourth-order valence-electron chi connectivity index (χ4n) is 12.0. The third kappa shape index (κ3) is 10.3.